The molecule has 2 aromatic rings. The Morgan fingerprint density at radius 2 is 1.79 bits per heavy atom. The molecule has 0 spiro atoms. The van der Waals surface area contributed by atoms with Gasteiger partial charge in [0.2, 0.25) is 6.41 Å². The number of rotatable bonds is 15. The fraction of sp³-hybridized carbons (Fsp3) is 0.448. The third-order valence-electron chi connectivity index (χ3n) is 6.34. The average molecular weight is 603 g/mol. The van der Waals surface area contributed by atoms with Crippen LogP contribution >= 0.6 is 8.07 Å². The van der Waals surface area contributed by atoms with E-state index in [4.69, 9.17) is 15.6 Å². The van der Waals surface area contributed by atoms with Crippen molar-refractivity contribution in [3.05, 3.63) is 65.0 Å². The summed E-state index contributed by atoms with van der Waals surface area (Å²) in [6, 6.07) is 11.8. The van der Waals surface area contributed by atoms with E-state index in [1.807, 2.05) is 30.9 Å². The molecule has 0 saturated heterocycles. The highest BCUT2D eigenvalue weighted by Gasteiger charge is 2.24. The van der Waals surface area contributed by atoms with Crippen LogP contribution in [-0.2, 0) is 24.4 Å². The Balaban J connectivity index is 1.92. The van der Waals surface area contributed by atoms with Crippen LogP contribution in [0.5, 0.6) is 5.75 Å². The Morgan fingerprint density at radius 1 is 1.07 bits per heavy atom. The summed E-state index contributed by atoms with van der Waals surface area (Å²) < 4.78 is 20.0. The quantitative estimate of drug-likeness (QED) is 0.0716. The molecule has 0 fully saturated rings. The monoisotopic (exact) mass is 602 g/mol. The van der Waals surface area contributed by atoms with Crippen molar-refractivity contribution in [2.75, 3.05) is 40.0 Å². The highest BCUT2D eigenvalue weighted by atomic mass is 31.1. The van der Waals surface area contributed by atoms with Crippen LogP contribution < -0.4 is 31.1 Å². The Morgan fingerprint density at radius 3 is 2.45 bits per heavy atom. The van der Waals surface area contributed by atoms with Crippen LogP contribution in [0.15, 0.2) is 42.5 Å². The number of carbonyl (C=O) groups is 2. The number of benzene rings is 2. The van der Waals surface area contributed by atoms with Crippen LogP contribution in [-0.4, -0.2) is 69.3 Å². The molecule has 0 aliphatic rings. The van der Waals surface area contributed by atoms with Gasteiger partial charge in [-0.1, -0.05) is 44.2 Å². The van der Waals surface area contributed by atoms with E-state index >= 15 is 0 Å². The van der Waals surface area contributed by atoms with E-state index in [0.29, 0.717) is 25.4 Å². The SMILES string of the molecule is CNC(=N)NCc1ccc(F)cc1OCc1ccccc1CCCN(C=O)CC(C)(C)CP(C)NC(=N)NC(=O)NC. The lowest BCUT2D eigenvalue weighted by molar-refractivity contribution is -0.119. The fourth-order valence-corrected chi connectivity index (χ4v) is 6.40. The highest BCUT2D eigenvalue weighted by molar-refractivity contribution is 7.55. The van der Waals surface area contributed by atoms with E-state index in [1.165, 1.54) is 19.2 Å². The normalized spacial score (nSPS) is 11.6. The van der Waals surface area contributed by atoms with Crippen LogP contribution in [0.1, 0.15) is 37.0 Å². The topological polar surface area (TPSA) is 154 Å². The van der Waals surface area contributed by atoms with Gasteiger partial charge in [-0.15, -0.1) is 0 Å². The molecule has 0 radical (unpaired) electrons. The van der Waals surface area contributed by atoms with Gasteiger partial charge in [0.15, 0.2) is 11.9 Å². The molecule has 0 bridgehead atoms. The molecule has 1 atom stereocenters. The van der Waals surface area contributed by atoms with Gasteiger partial charge < -0.3 is 30.7 Å². The molecule has 2 rings (SSSR count). The summed E-state index contributed by atoms with van der Waals surface area (Å²) in [5.74, 6) is 0.132. The van der Waals surface area contributed by atoms with Crippen LogP contribution in [0.3, 0.4) is 0 Å². The molecular weight excluding hydrogens is 558 g/mol. The molecule has 2 aromatic carbocycles. The Labute approximate surface area is 249 Å². The van der Waals surface area contributed by atoms with E-state index in [-0.39, 0.29) is 23.9 Å². The number of hydrogen-bond donors (Lipinski definition) is 7. The average Bonchev–Trinajstić information content (AvgIpc) is 2.94. The van der Waals surface area contributed by atoms with Crippen molar-refractivity contribution in [3.63, 3.8) is 0 Å². The number of hydrogen-bond acceptors (Lipinski definition) is 5. The molecule has 0 heterocycles. The van der Waals surface area contributed by atoms with Gasteiger partial charge >= 0.3 is 6.03 Å². The maximum absolute atomic E-state index is 14.0. The molecular formula is C29H44FN8O3P. The number of ether oxygens (including phenoxy) is 1. The molecule has 0 saturated carbocycles. The Kier molecular flexibility index (Phi) is 14.0. The van der Waals surface area contributed by atoms with E-state index in [0.717, 1.165) is 42.1 Å². The first-order chi connectivity index (χ1) is 20.0. The van der Waals surface area contributed by atoms with Gasteiger partial charge in [0, 0.05) is 45.4 Å². The molecule has 0 aliphatic carbocycles. The number of nitrogens with zero attached hydrogens (tertiary/aromatic N) is 1. The minimum absolute atomic E-state index is 0.0479. The summed E-state index contributed by atoms with van der Waals surface area (Å²) in [4.78, 5) is 25.1. The zero-order chi connectivity index (χ0) is 31.1. The lowest BCUT2D eigenvalue weighted by Gasteiger charge is -2.33. The van der Waals surface area contributed by atoms with Crippen molar-refractivity contribution >= 4 is 32.4 Å². The number of urea groups is 1. The van der Waals surface area contributed by atoms with Gasteiger partial charge in [-0.25, -0.2) is 9.18 Å². The first-order valence-corrected chi connectivity index (χ1v) is 15.7. The summed E-state index contributed by atoms with van der Waals surface area (Å²) in [5.41, 5.74) is 2.62. The van der Waals surface area contributed by atoms with Crippen molar-refractivity contribution < 1.29 is 18.7 Å². The predicted molar refractivity (Wildman–Crippen MR) is 167 cm³/mol. The van der Waals surface area contributed by atoms with Gasteiger partial charge in [-0.3, -0.25) is 20.9 Å². The number of nitrogens with one attached hydrogen (secondary N) is 7. The molecule has 7 N–H and O–H groups in total. The number of guanidine groups is 2. The third-order valence-corrected chi connectivity index (χ3v) is 8.28. The molecule has 42 heavy (non-hydrogen) atoms. The standard InChI is InChI=1S/C29H44FN8O3P/c1-29(2,19-42(5)37-27(32)36-28(40)34-4)18-38(20-39)14-8-11-21-9-6-7-10-23(21)17-41-25-15-24(30)13-12-22(25)16-35-26(31)33-3/h6-7,9-10,12-13,15,20H,8,11,14,16-19H2,1-5H3,(H3,31,33,35)(H4,32,34,36,37,40). The first kappa shape index (κ1) is 34.3. The minimum Gasteiger partial charge on any atom is -0.488 e. The Hall–Kier alpha value is -3.92. The van der Waals surface area contributed by atoms with Gasteiger partial charge in [0.25, 0.3) is 0 Å². The van der Waals surface area contributed by atoms with Crippen molar-refractivity contribution in [3.8, 4) is 5.75 Å². The molecule has 230 valence electrons. The van der Waals surface area contributed by atoms with Crippen LogP contribution in [0.4, 0.5) is 9.18 Å². The molecule has 13 heteroatoms. The predicted octanol–water partition coefficient (Wildman–Crippen LogP) is 3.55. The van der Waals surface area contributed by atoms with Crippen molar-refractivity contribution in [2.45, 2.75) is 39.8 Å². The van der Waals surface area contributed by atoms with Crippen LogP contribution in [0, 0.1) is 22.1 Å². The van der Waals surface area contributed by atoms with E-state index in [9.17, 15) is 14.0 Å². The van der Waals surface area contributed by atoms with Crippen molar-refractivity contribution in [2.24, 2.45) is 5.41 Å². The van der Waals surface area contributed by atoms with E-state index in [2.05, 4.69) is 40.2 Å². The van der Waals surface area contributed by atoms with Gasteiger partial charge in [0.05, 0.1) is 0 Å². The maximum atomic E-state index is 14.0. The lowest BCUT2D eigenvalue weighted by Crippen LogP contribution is -2.43. The summed E-state index contributed by atoms with van der Waals surface area (Å²) in [6.07, 6.45) is 3.13. The molecule has 0 aromatic heterocycles. The van der Waals surface area contributed by atoms with Gasteiger partial charge in [0.1, 0.15) is 18.2 Å². The summed E-state index contributed by atoms with van der Waals surface area (Å²) in [6.45, 7) is 7.90. The first-order valence-electron chi connectivity index (χ1n) is 13.7. The lowest BCUT2D eigenvalue weighted by atomic mass is 9.95. The fourth-order valence-electron chi connectivity index (χ4n) is 4.50. The zero-order valence-electron chi connectivity index (χ0n) is 25.1. The van der Waals surface area contributed by atoms with E-state index < -0.39 is 19.9 Å². The molecule has 1 unspecified atom stereocenters. The second kappa shape index (κ2) is 17.1. The maximum Gasteiger partial charge on any atom is 0.321 e. The van der Waals surface area contributed by atoms with Crippen molar-refractivity contribution in [1.82, 2.24) is 31.3 Å². The highest BCUT2D eigenvalue weighted by Crippen LogP contribution is 2.35. The Bertz CT molecular complexity index is 1210. The zero-order valence-corrected chi connectivity index (χ0v) is 26.0. The van der Waals surface area contributed by atoms with Crippen LogP contribution in [0.2, 0.25) is 0 Å². The largest absolute Gasteiger partial charge is 0.488 e. The summed E-state index contributed by atoms with van der Waals surface area (Å²) >= 11 is 0. The van der Waals surface area contributed by atoms with Crippen LogP contribution in [0.25, 0.3) is 0 Å². The molecule has 3 amide bonds. The molecule has 11 nitrogen and oxygen atoms in total. The summed E-state index contributed by atoms with van der Waals surface area (Å²) in [7, 11) is 2.35. The minimum atomic E-state index is -0.782. The third kappa shape index (κ3) is 12.3. The smallest absolute Gasteiger partial charge is 0.321 e. The number of amides is 3. The second-order valence-electron chi connectivity index (χ2n) is 10.7. The number of halogens is 1. The second-order valence-corrected chi connectivity index (χ2v) is 12.6. The van der Waals surface area contributed by atoms with Crippen molar-refractivity contribution in [1.29, 1.82) is 10.8 Å². The summed E-state index contributed by atoms with van der Waals surface area (Å²) in [5, 5.41) is 29.1. The number of carbonyl (C=O) groups excluding carboxylic acids is 2. The number of aryl methyl sites for hydroxylation is 1. The van der Waals surface area contributed by atoms with E-state index in [1.54, 1.807) is 18.0 Å². The van der Waals surface area contributed by atoms with Gasteiger partial charge in [-0.05, 0) is 56.3 Å². The van der Waals surface area contributed by atoms with Gasteiger partial charge in [-0.2, -0.15) is 0 Å². The molecule has 0 aliphatic heterocycles.